The molecule has 2 fully saturated rings. The molecule has 0 bridgehead atoms. The number of hydrogen-bond acceptors (Lipinski definition) is 6. The lowest BCUT2D eigenvalue weighted by atomic mass is 9.78. The van der Waals surface area contributed by atoms with Crippen molar-refractivity contribution < 1.29 is 23.5 Å². The fourth-order valence-electron chi connectivity index (χ4n) is 4.50. The zero-order valence-corrected chi connectivity index (χ0v) is 16.0. The Kier molecular flexibility index (Phi) is 4.34. The van der Waals surface area contributed by atoms with Crippen molar-refractivity contribution in [3.8, 4) is 0 Å². The van der Waals surface area contributed by atoms with Gasteiger partial charge in [-0.05, 0) is 37.6 Å². The first-order valence-electron chi connectivity index (χ1n) is 9.28. The monoisotopic (exact) mass is 382 g/mol. The van der Waals surface area contributed by atoms with Gasteiger partial charge in [0.1, 0.15) is 11.3 Å². The third kappa shape index (κ3) is 2.43. The number of benzene rings is 1. The maximum absolute atomic E-state index is 13.4. The van der Waals surface area contributed by atoms with Gasteiger partial charge in [-0.15, -0.1) is 0 Å². The molecule has 2 aliphatic rings. The molecular weight excluding hydrogens is 360 g/mol. The molecule has 0 aliphatic carbocycles. The highest BCUT2D eigenvalue weighted by molar-refractivity contribution is 6.24. The first kappa shape index (κ1) is 18.4. The van der Waals surface area contributed by atoms with Gasteiger partial charge in [0.25, 0.3) is 0 Å². The quantitative estimate of drug-likeness (QED) is 0.645. The topological polar surface area (TPSA) is 88.8 Å². The number of carbonyl (C=O) groups is 3. The first-order chi connectivity index (χ1) is 13.4. The van der Waals surface area contributed by atoms with Crippen molar-refractivity contribution in [1.82, 2.24) is 5.32 Å². The van der Waals surface area contributed by atoms with E-state index in [0.717, 1.165) is 5.56 Å². The van der Waals surface area contributed by atoms with Gasteiger partial charge in [-0.2, -0.15) is 0 Å². The highest BCUT2D eigenvalue weighted by Crippen LogP contribution is 2.51. The predicted molar refractivity (Wildman–Crippen MR) is 100 cm³/mol. The minimum atomic E-state index is -1.29. The summed E-state index contributed by atoms with van der Waals surface area (Å²) in [7, 11) is 1.29. The molecule has 7 nitrogen and oxygen atoms in total. The number of esters is 1. The van der Waals surface area contributed by atoms with Crippen molar-refractivity contribution in [2.24, 2.45) is 11.8 Å². The predicted octanol–water partition coefficient (Wildman–Crippen LogP) is 2.36. The Balaban J connectivity index is 1.84. The molecule has 146 valence electrons. The van der Waals surface area contributed by atoms with Crippen LogP contribution in [0.4, 0.5) is 5.69 Å². The van der Waals surface area contributed by atoms with E-state index in [9.17, 15) is 14.4 Å². The van der Waals surface area contributed by atoms with E-state index in [1.165, 1.54) is 18.3 Å². The highest BCUT2D eigenvalue weighted by atomic mass is 16.5. The Hall–Kier alpha value is -2.93. The Morgan fingerprint density at radius 2 is 1.93 bits per heavy atom. The van der Waals surface area contributed by atoms with Crippen molar-refractivity contribution in [2.75, 3.05) is 12.0 Å². The Morgan fingerprint density at radius 3 is 2.50 bits per heavy atom. The fraction of sp³-hybridized carbons (Fsp3) is 0.381. The lowest BCUT2D eigenvalue weighted by molar-refractivity contribution is -0.152. The fourth-order valence-corrected chi connectivity index (χ4v) is 4.50. The van der Waals surface area contributed by atoms with Gasteiger partial charge in [0, 0.05) is 0 Å². The number of methoxy groups -OCH3 is 1. The number of aryl methyl sites for hydroxylation is 1. The molecule has 1 aromatic carbocycles. The Bertz CT molecular complexity index is 921. The molecule has 3 heterocycles. The van der Waals surface area contributed by atoms with Crippen LogP contribution in [0.15, 0.2) is 47.1 Å². The summed E-state index contributed by atoms with van der Waals surface area (Å²) in [5.41, 5.74) is 0.238. The molecule has 2 amide bonds. The third-order valence-electron chi connectivity index (χ3n) is 5.90. The second-order valence-corrected chi connectivity index (χ2v) is 7.30. The number of ether oxygens (including phenoxy) is 1. The zero-order valence-electron chi connectivity index (χ0n) is 16.0. The maximum Gasteiger partial charge on any atom is 0.326 e. The van der Waals surface area contributed by atoms with Crippen LogP contribution in [0.1, 0.15) is 30.7 Å². The molecule has 7 heteroatoms. The molecular formula is C21H22N2O5. The van der Waals surface area contributed by atoms with Crippen LogP contribution in [0.25, 0.3) is 0 Å². The first-order valence-corrected chi connectivity index (χ1v) is 9.28. The van der Waals surface area contributed by atoms with E-state index in [0.29, 0.717) is 17.9 Å². The van der Waals surface area contributed by atoms with Crippen molar-refractivity contribution >= 4 is 23.5 Å². The van der Waals surface area contributed by atoms with Crippen molar-refractivity contribution in [3.05, 3.63) is 54.0 Å². The second kappa shape index (κ2) is 6.60. The number of amides is 2. The number of imide groups is 1. The van der Waals surface area contributed by atoms with Crippen molar-refractivity contribution in [1.29, 1.82) is 0 Å². The lowest BCUT2D eigenvalue weighted by Crippen LogP contribution is -2.55. The van der Waals surface area contributed by atoms with E-state index in [-0.39, 0.29) is 5.91 Å². The molecule has 28 heavy (non-hydrogen) atoms. The molecule has 4 atom stereocenters. The van der Waals surface area contributed by atoms with E-state index in [1.54, 1.807) is 31.2 Å². The zero-order chi connectivity index (χ0) is 20.1. The smallest absolute Gasteiger partial charge is 0.326 e. The van der Waals surface area contributed by atoms with Crippen LogP contribution in [0, 0.1) is 18.8 Å². The largest absolute Gasteiger partial charge is 0.468 e. The van der Waals surface area contributed by atoms with Gasteiger partial charge < -0.3 is 9.15 Å². The number of furan rings is 1. The van der Waals surface area contributed by atoms with E-state index < -0.39 is 35.3 Å². The van der Waals surface area contributed by atoms with Crippen LogP contribution in [-0.2, 0) is 19.1 Å². The van der Waals surface area contributed by atoms with Gasteiger partial charge in [-0.1, -0.05) is 24.6 Å². The number of rotatable bonds is 4. The van der Waals surface area contributed by atoms with Crippen molar-refractivity contribution in [3.63, 3.8) is 0 Å². The maximum atomic E-state index is 13.4. The number of nitrogens with one attached hydrogen (secondary N) is 1. The Morgan fingerprint density at radius 1 is 1.21 bits per heavy atom. The summed E-state index contributed by atoms with van der Waals surface area (Å²) in [5, 5.41) is 3.21. The van der Waals surface area contributed by atoms with Crippen LogP contribution in [0.5, 0.6) is 0 Å². The standard InChI is InChI=1S/C21H22N2O5/c1-4-21(20(26)27-3)16-15(17(22-21)14-6-5-11-28-14)18(24)23(19(16)25)13-9-7-12(2)8-10-13/h5-11,15-17,22H,4H2,1-3H3/t15-,16-,17-,21+/m0/s1. The minimum Gasteiger partial charge on any atom is -0.468 e. The summed E-state index contributed by atoms with van der Waals surface area (Å²) >= 11 is 0. The van der Waals surface area contributed by atoms with Crippen LogP contribution >= 0.6 is 0 Å². The van der Waals surface area contributed by atoms with Gasteiger partial charge in [0.2, 0.25) is 11.8 Å². The van der Waals surface area contributed by atoms with Crippen molar-refractivity contribution in [2.45, 2.75) is 31.8 Å². The normalized spacial score (nSPS) is 29.2. The van der Waals surface area contributed by atoms with E-state index >= 15 is 0 Å². The average molecular weight is 382 g/mol. The molecule has 4 rings (SSSR count). The summed E-state index contributed by atoms with van der Waals surface area (Å²) in [4.78, 5) is 40.8. The molecule has 1 N–H and O–H groups in total. The summed E-state index contributed by atoms with van der Waals surface area (Å²) in [6, 6.07) is 10.0. The molecule has 2 aliphatic heterocycles. The van der Waals surface area contributed by atoms with E-state index in [4.69, 9.17) is 9.15 Å². The second-order valence-electron chi connectivity index (χ2n) is 7.30. The summed E-state index contributed by atoms with van der Waals surface area (Å²) in [6.07, 6.45) is 1.81. The Labute approximate surface area is 162 Å². The summed E-state index contributed by atoms with van der Waals surface area (Å²) in [6.45, 7) is 3.74. The molecule has 0 spiro atoms. The van der Waals surface area contributed by atoms with Crippen LogP contribution in [0.2, 0.25) is 0 Å². The van der Waals surface area contributed by atoms with E-state index in [1.807, 2.05) is 19.1 Å². The van der Waals surface area contributed by atoms with Gasteiger partial charge in [0.05, 0.1) is 36.9 Å². The number of anilines is 1. The van der Waals surface area contributed by atoms with Gasteiger partial charge >= 0.3 is 5.97 Å². The van der Waals surface area contributed by atoms with Gasteiger partial charge in [-0.25, -0.2) is 4.90 Å². The SMILES string of the molecule is CC[C@@]1(C(=O)OC)N[C@@H](c2ccco2)[C@H]2C(=O)N(c3ccc(C)cc3)C(=O)[C@H]21. The third-order valence-corrected chi connectivity index (χ3v) is 5.90. The molecule has 2 saturated heterocycles. The highest BCUT2D eigenvalue weighted by Gasteiger charge is 2.68. The summed E-state index contributed by atoms with van der Waals surface area (Å²) in [5.74, 6) is -2.39. The molecule has 0 radical (unpaired) electrons. The number of carbonyl (C=O) groups excluding carboxylic acids is 3. The summed E-state index contributed by atoms with van der Waals surface area (Å²) < 4.78 is 10.5. The number of fused-ring (bicyclic) bond motifs is 1. The number of hydrogen-bond donors (Lipinski definition) is 1. The molecule has 1 aromatic heterocycles. The lowest BCUT2D eigenvalue weighted by Gasteiger charge is -2.31. The van der Waals surface area contributed by atoms with Crippen LogP contribution in [-0.4, -0.2) is 30.4 Å². The average Bonchev–Trinajstić information content (AvgIpc) is 3.39. The molecule has 2 aromatic rings. The van der Waals surface area contributed by atoms with Crippen LogP contribution < -0.4 is 10.2 Å². The van der Waals surface area contributed by atoms with E-state index in [2.05, 4.69) is 5.32 Å². The van der Waals surface area contributed by atoms with Gasteiger partial charge in [0.15, 0.2) is 0 Å². The molecule has 0 unspecified atom stereocenters. The minimum absolute atomic E-state index is 0.304. The van der Waals surface area contributed by atoms with Crippen LogP contribution in [0.3, 0.4) is 0 Å². The van der Waals surface area contributed by atoms with Gasteiger partial charge in [-0.3, -0.25) is 19.7 Å². The molecule has 0 saturated carbocycles. The number of nitrogens with zero attached hydrogens (tertiary/aromatic N) is 1.